The van der Waals surface area contributed by atoms with Crippen LogP contribution < -0.4 is 25.6 Å². The van der Waals surface area contributed by atoms with Crippen molar-refractivity contribution in [3.8, 4) is 5.75 Å². The summed E-state index contributed by atoms with van der Waals surface area (Å²) >= 11 is 0. The quantitative estimate of drug-likeness (QED) is 0.597. The summed E-state index contributed by atoms with van der Waals surface area (Å²) in [5.74, 6) is 0.771. The van der Waals surface area contributed by atoms with E-state index >= 15 is 0 Å². The van der Waals surface area contributed by atoms with Crippen LogP contribution in [0.15, 0.2) is 48.5 Å². The number of piperidine rings is 1. The molecule has 0 saturated carbocycles. The fraction of sp³-hybridized carbons (Fsp3) is 0.500. The van der Waals surface area contributed by atoms with Crippen molar-refractivity contribution < 1.29 is 14.3 Å². The van der Waals surface area contributed by atoms with Gasteiger partial charge in [0.25, 0.3) is 5.91 Å². The first kappa shape index (κ1) is 23.7. The molecule has 35 heavy (non-hydrogen) atoms. The number of anilines is 1. The number of fused-ring (bicyclic) bond motifs is 1. The van der Waals surface area contributed by atoms with E-state index in [2.05, 4.69) is 39.0 Å². The molecule has 0 bridgehead atoms. The molecule has 0 spiro atoms. The molecule has 2 amide bonds. The second-order valence-corrected chi connectivity index (χ2v) is 9.92. The molecule has 186 valence electrons. The van der Waals surface area contributed by atoms with Gasteiger partial charge in [-0.05, 0) is 80.8 Å². The molecule has 3 heterocycles. The Hall–Kier alpha value is -3.06. The highest BCUT2D eigenvalue weighted by atomic mass is 16.5. The zero-order valence-electron chi connectivity index (χ0n) is 20.3. The lowest BCUT2D eigenvalue weighted by Crippen LogP contribution is -2.46. The van der Waals surface area contributed by atoms with Gasteiger partial charge in [0.2, 0.25) is 5.91 Å². The molecule has 2 aromatic rings. The van der Waals surface area contributed by atoms with E-state index in [9.17, 15) is 9.59 Å². The van der Waals surface area contributed by atoms with Crippen molar-refractivity contribution in [3.63, 3.8) is 0 Å². The smallest absolute Gasteiger partial charge is 0.251 e. The molecule has 0 unspecified atom stereocenters. The highest BCUT2D eigenvalue weighted by Gasteiger charge is 2.25. The number of aryl methyl sites for hydroxylation is 1. The van der Waals surface area contributed by atoms with Gasteiger partial charge in [-0.1, -0.05) is 18.2 Å². The number of nitrogens with one attached hydrogen (secondary N) is 3. The van der Waals surface area contributed by atoms with Gasteiger partial charge in [-0.2, -0.15) is 0 Å². The van der Waals surface area contributed by atoms with Crippen LogP contribution in [0.4, 0.5) is 5.69 Å². The van der Waals surface area contributed by atoms with Gasteiger partial charge in [-0.15, -0.1) is 0 Å². The molecular formula is C28H36N4O3. The summed E-state index contributed by atoms with van der Waals surface area (Å²) in [5.41, 5.74) is 3.05. The van der Waals surface area contributed by atoms with Crippen LogP contribution in [0.1, 0.15) is 54.4 Å². The summed E-state index contributed by atoms with van der Waals surface area (Å²) < 4.78 is 6.18. The van der Waals surface area contributed by atoms with Crippen LogP contribution in [0.3, 0.4) is 0 Å². The van der Waals surface area contributed by atoms with E-state index in [1.54, 1.807) is 0 Å². The number of benzene rings is 2. The lowest BCUT2D eigenvalue weighted by atomic mass is 10.0. The van der Waals surface area contributed by atoms with Crippen molar-refractivity contribution in [3.05, 3.63) is 59.7 Å². The van der Waals surface area contributed by atoms with Gasteiger partial charge >= 0.3 is 0 Å². The molecule has 3 aliphatic heterocycles. The van der Waals surface area contributed by atoms with E-state index in [1.807, 2.05) is 30.3 Å². The summed E-state index contributed by atoms with van der Waals surface area (Å²) in [6.45, 7) is 3.55. The summed E-state index contributed by atoms with van der Waals surface area (Å²) in [6.07, 6.45) is 7.16. The first-order valence-corrected chi connectivity index (χ1v) is 13.1. The number of amides is 2. The number of ether oxygens (including phenoxy) is 1. The van der Waals surface area contributed by atoms with Crippen LogP contribution in [0.5, 0.6) is 5.75 Å². The predicted molar refractivity (Wildman–Crippen MR) is 137 cm³/mol. The highest BCUT2D eigenvalue weighted by molar-refractivity contribution is 5.97. The molecule has 2 fully saturated rings. The maximum absolute atomic E-state index is 12.6. The lowest BCUT2D eigenvalue weighted by molar-refractivity contribution is -0.122. The van der Waals surface area contributed by atoms with Crippen LogP contribution in [0.25, 0.3) is 0 Å². The second kappa shape index (κ2) is 11.1. The number of rotatable bonds is 6. The normalized spacial score (nSPS) is 23.0. The summed E-state index contributed by atoms with van der Waals surface area (Å²) in [4.78, 5) is 27.1. The van der Waals surface area contributed by atoms with Gasteiger partial charge in [-0.25, -0.2) is 0 Å². The van der Waals surface area contributed by atoms with Gasteiger partial charge in [0.15, 0.2) is 0 Å². The third-order valence-electron chi connectivity index (χ3n) is 7.47. The summed E-state index contributed by atoms with van der Waals surface area (Å²) in [5, 5.41) is 9.49. The van der Waals surface area contributed by atoms with E-state index < -0.39 is 6.04 Å². The molecular weight excluding hydrogens is 440 g/mol. The Bertz CT molecular complexity index is 1020. The van der Waals surface area contributed by atoms with Gasteiger partial charge in [0, 0.05) is 43.5 Å². The minimum absolute atomic E-state index is 0.0798. The summed E-state index contributed by atoms with van der Waals surface area (Å²) in [7, 11) is 0. The van der Waals surface area contributed by atoms with Crippen molar-refractivity contribution in [2.45, 2.75) is 63.1 Å². The van der Waals surface area contributed by atoms with Crippen molar-refractivity contribution in [2.24, 2.45) is 0 Å². The Kier molecular flexibility index (Phi) is 7.52. The number of carbonyl (C=O) groups is 2. The van der Waals surface area contributed by atoms with Crippen LogP contribution >= 0.6 is 0 Å². The average Bonchev–Trinajstić information content (AvgIpc) is 3.11. The number of para-hydroxylation sites is 1. The van der Waals surface area contributed by atoms with Crippen LogP contribution in [0.2, 0.25) is 0 Å². The minimum Gasteiger partial charge on any atom is -0.489 e. The standard InChI is InChI=1S/C28H36N4O3/c33-27(31-25-6-3-4-16-29-28(25)34)21-8-11-23(12-9-21)32-17-14-22(15-18-32)30-19-24-13-10-20-5-1-2-7-26(20)35-24/h1-2,5,7-9,11-12,22,24-25,30H,3-4,6,10,13-19H2,(H,29,34)(H,31,33)/t24-,25+/m1/s1. The fourth-order valence-corrected chi connectivity index (χ4v) is 5.31. The highest BCUT2D eigenvalue weighted by Crippen LogP contribution is 2.27. The van der Waals surface area contributed by atoms with Gasteiger partial charge in [0.05, 0.1) is 0 Å². The molecule has 0 aromatic heterocycles. The summed E-state index contributed by atoms with van der Waals surface area (Å²) in [6, 6.07) is 16.2. The largest absolute Gasteiger partial charge is 0.489 e. The van der Waals surface area contributed by atoms with Crippen molar-refractivity contribution in [2.75, 3.05) is 31.1 Å². The number of nitrogens with zero attached hydrogens (tertiary/aromatic N) is 1. The van der Waals surface area contributed by atoms with E-state index in [4.69, 9.17) is 4.74 Å². The third-order valence-corrected chi connectivity index (χ3v) is 7.47. The van der Waals surface area contributed by atoms with Crippen LogP contribution in [-0.2, 0) is 11.2 Å². The fourth-order valence-electron chi connectivity index (χ4n) is 5.31. The first-order valence-electron chi connectivity index (χ1n) is 13.1. The Balaban J connectivity index is 1.06. The van der Waals surface area contributed by atoms with Crippen molar-refractivity contribution in [1.82, 2.24) is 16.0 Å². The number of hydrogen-bond acceptors (Lipinski definition) is 5. The van der Waals surface area contributed by atoms with E-state index in [-0.39, 0.29) is 17.9 Å². The Morgan fingerprint density at radius 2 is 1.80 bits per heavy atom. The van der Waals surface area contributed by atoms with Crippen molar-refractivity contribution >= 4 is 17.5 Å². The SMILES string of the molecule is O=C(N[C@H]1CCCCNC1=O)c1ccc(N2CCC(NC[C@H]3CCc4ccccc4O3)CC2)cc1. The van der Waals surface area contributed by atoms with Gasteiger partial charge in [0.1, 0.15) is 17.9 Å². The minimum atomic E-state index is -0.440. The number of hydrogen-bond donors (Lipinski definition) is 3. The second-order valence-electron chi connectivity index (χ2n) is 9.92. The maximum atomic E-state index is 12.6. The molecule has 2 aromatic carbocycles. The van der Waals surface area contributed by atoms with Crippen LogP contribution in [-0.4, -0.2) is 56.2 Å². The zero-order valence-corrected chi connectivity index (χ0v) is 20.3. The van der Waals surface area contributed by atoms with Gasteiger partial charge < -0.3 is 25.6 Å². The van der Waals surface area contributed by atoms with E-state index in [0.717, 1.165) is 69.6 Å². The van der Waals surface area contributed by atoms with Crippen molar-refractivity contribution in [1.29, 1.82) is 0 Å². The zero-order chi connectivity index (χ0) is 24.0. The molecule has 7 nitrogen and oxygen atoms in total. The first-order chi connectivity index (χ1) is 17.2. The number of carbonyl (C=O) groups excluding carboxylic acids is 2. The molecule has 0 aliphatic carbocycles. The Labute approximate surface area is 207 Å². The van der Waals surface area contributed by atoms with Crippen LogP contribution in [0, 0.1) is 0 Å². The molecule has 7 heteroatoms. The Morgan fingerprint density at radius 1 is 1.00 bits per heavy atom. The van der Waals surface area contributed by atoms with E-state index in [1.165, 1.54) is 5.56 Å². The molecule has 3 N–H and O–H groups in total. The lowest BCUT2D eigenvalue weighted by Gasteiger charge is -2.35. The monoisotopic (exact) mass is 476 g/mol. The average molecular weight is 477 g/mol. The topological polar surface area (TPSA) is 82.7 Å². The molecule has 2 atom stereocenters. The van der Waals surface area contributed by atoms with E-state index in [0.29, 0.717) is 24.6 Å². The third kappa shape index (κ3) is 5.96. The Morgan fingerprint density at radius 3 is 2.63 bits per heavy atom. The molecule has 3 aliphatic rings. The maximum Gasteiger partial charge on any atom is 0.251 e. The van der Waals surface area contributed by atoms with Gasteiger partial charge in [-0.3, -0.25) is 9.59 Å². The predicted octanol–water partition coefficient (Wildman–Crippen LogP) is 3.04. The molecule has 2 saturated heterocycles. The molecule has 0 radical (unpaired) electrons. The molecule has 5 rings (SSSR count).